The van der Waals surface area contributed by atoms with Crippen LogP contribution in [0.4, 0.5) is 0 Å². The van der Waals surface area contributed by atoms with E-state index in [-0.39, 0.29) is 22.8 Å². The largest absolute Gasteiger partial charge is 0.351 e. The van der Waals surface area contributed by atoms with Crippen molar-refractivity contribution in [1.29, 1.82) is 0 Å². The van der Waals surface area contributed by atoms with Gasteiger partial charge in [-0.1, -0.05) is 20.3 Å². The van der Waals surface area contributed by atoms with Crippen molar-refractivity contribution < 1.29 is 4.79 Å². The van der Waals surface area contributed by atoms with E-state index in [1.165, 1.54) is 6.42 Å². The van der Waals surface area contributed by atoms with Crippen LogP contribution in [0.15, 0.2) is 0 Å². The van der Waals surface area contributed by atoms with Crippen molar-refractivity contribution in [3.8, 4) is 0 Å². The van der Waals surface area contributed by atoms with E-state index in [4.69, 9.17) is 11.6 Å². The van der Waals surface area contributed by atoms with E-state index in [9.17, 15) is 4.79 Å². The molecule has 1 saturated carbocycles. The fourth-order valence-electron chi connectivity index (χ4n) is 2.53. The summed E-state index contributed by atoms with van der Waals surface area (Å²) in [4.78, 5) is 12.2. The zero-order valence-electron chi connectivity index (χ0n) is 10.9. The van der Waals surface area contributed by atoms with Gasteiger partial charge in [0.2, 0.25) is 5.91 Å². The van der Waals surface area contributed by atoms with Crippen molar-refractivity contribution in [3.05, 3.63) is 0 Å². The topological polar surface area (TPSA) is 29.1 Å². The third-order valence-electron chi connectivity index (χ3n) is 3.75. The van der Waals surface area contributed by atoms with Gasteiger partial charge in [-0.05, 0) is 38.5 Å². The van der Waals surface area contributed by atoms with Gasteiger partial charge in [-0.15, -0.1) is 11.6 Å². The Labute approximate surface area is 104 Å². The number of amides is 1. The molecule has 1 aliphatic carbocycles. The number of alkyl halides is 1. The minimum absolute atomic E-state index is 0.154. The second-order valence-corrected chi connectivity index (χ2v) is 6.62. The van der Waals surface area contributed by atoms with E-state index in [0.29, 0.717) is 5.88 Å². The van der Waals surface area contributed by atoms with Gasteiger partial charge in [0.25, 0.3) is 0 Å². The van der Waals surface area contributed by atoms with E-state index in [1.54, 1.807) is 0 Å². The SMILES string of the molecule is CC(C)(CCCl)NC(=O)C1CCCC1(C)C. The second-order valence-electron chi connectivity index (χ2n) is 6.25. The summed E-state index contributed by atoms with van der Waals surface area (Å²) >= 11 is 5.73. The smallest absolute Gasteiger partial charge is 0.224 e. The molecule has 0 aromatic carbocycles. The summed E-state index contributed by atoms with van der Waals surface area (Å²) in [6.45, 7) is 8.46. The third kappa shape index (κ3) is 3.38. The molecule has 94 valence electrons. The van der Waals surface area contributed by atoms with Crippen LogP contribution in [-0.2, 0) is 4.79 Å². The van der Waals surface area contributed by atoms with Crippen LogP contribution in [0.1, 0.15) is 53.4 Å². The summed E-state index contributed by atoms with van der Waals surface area (Å²) in [7, 11) is 0. The molecule has 1 N–H and O–H groups in total. The monoisotopic (exact) mass is 245 g/mol. The number of rotatable bonds is 4. The molecule has 3 heteroatoms. The summed E-state index contributed by atoms with van der Waals surface area (Å²) < 4.78 is 0. The molecule has 1 unspecified atom stereocenters. The van der Waals surface area contributed by atoms with E-state index < -0.39 is 0 Å². The normalized spacial score (nSPS) is 24.4. The standard InChI is InChI=1S/C13H24ClNO/c1-12(2)7-5-6-10(12)11(16)15-13(3,4)8-9-14/h10H,5-9H2,1-4H3,(H,15,16). The van der Waals surface area contributed by atoms with Crippen molar-refractivity contribution in [2.45, 2.75) is 58.9 Å². The van der Waals surface area contributed by atoms with Crippen LogP contribution in [0.25, 0.3) is 0 Å². The summed E-state index contributed by atoms with van der Waals surface area (Å²) in [6, 6.07) is 0. The minimum atomic E-state index is -0.183. The highest BCUT2D eigenvalue weighted by molar-refractivity contribution is 6.17. The molecular formula is C13H24ClNO. The van der Waals surface area contributed by atoms with Crippen LogP contribution >= 0.6 is 11.6 Å². The lowest BCUT2D eigenvalue weighted by atomic mass is 9.81. The average Bonchev–Trinajstić information content (AvgIpc) is 2.43. The van der Waals surface area contributed by atoms with Gasteiger partial charge in [-0.25, -0.2) is 0 Å². The Morgan fingerprint density at radius 2 is 2.12 bits per heavy atom. The molecule has 0 spiro atoms. The van der Waals surface area contributed by atoms with Crippen molar-refractivity contribution in [1.82, 2.24) is 5.32 Å². The first-order valence-corrected chi connectivity index (χ1v) is 6.70. The van der Waals surface area contributed by atoms with Gasteiger partial charge < -0.3 is 5.32 Å². The highest BCUT2D eigenvalue weighted by atomic mass is 35.5. The van der Waals surface area contributed by atoms with Crippen LogP contribution in [0.3, 0.4) is 0 Å². The van der Waals surface area contributed by atoms with Gasteiger partial charge in [-0.2, -0.15) is 0 Å². The molecule has 0 aromatic rings. The molecule has 1 fully saturated rings. The highest BCUT2D eigenvalue weighted by Crippen LogP contribution is 2.42. The van der Waals surface area contributed by atoms with Crippen molar-refractivity contribution >= 4 is 17.5 Å². The van der Waals surface area contributed by atoms with E-state index in [0.717, 1.165) is 19.3 Å². The fourth-order valence-corrected chi connectivity index (χ4v) is 3.00. The van der Waals surface area contributed by atoms with Gasteiger partial charge in [0.1, 0.15) is 0 Å². The number of hydrogen-bond acceptors (Lipinski definition) is 1. The minimum Gasteiger partial charge on any atom is -0.351 e. The molecule has 1 amide bonds. The van der Waals surface area contributed by atoms with Gasteiger partial charge in [0, 0.05) is 17.3 Å². The van der Waals surface area contributed by atoms with Crippen molar-refractivity contribution in [2.75, 3.05) is 5.88 Å². The van der Waals surface area contributed by atoms with E-state index in [2.05, 4.69) is 19.2 Å². The number of carbonyl (C=O) groups is 1. The predicted molar refractivity (Wildman–Crippen MR) is 68.7 cm³/mol. The molecule has 0 aromatic heterocycles. The summed E-state index contributed by atoms with van der Waals surface area (Å²) in [5, 5.41) is 3.13. The molecule has 0 heterocycles. The molecule has 0 bridgehead atoms. The van der Waals surface area contributed by atoms with Gasteiger partial charge in [0.05, 0.1) is 0 Å². The first kappa shape index (κ1) is 13.8. The zero-order valence-corrected chi connectivity index (χ0v) is 11.7. The Balaban J connectivity index is 2.59. The summed E-state index contributed by atoms with van der Waals surface area (Å²) in [5.41, 5.74) is -0.0291. The lowest BCUT2D eigenvalue weighted by Gasteiger charge is -2.31. The third-order valence-corrected chi connectivity index (χ3v) is 3.94. The first-order chi connectivity index (χ1) is 7.28. The molecule has 0 radical (unpaired) electrons. The first-order valence-electron chi connectivity index (χ1n) is 6.16. The number of nitrogens with one attached hydrogen (secondary N) is 1. The maximum atomic E-state index is 12.2. The molecule has 16 heavy (non-hydrogen) atoms. The molecular weight excluding hydrogens is 222 g/mol. The van der Waals surface area contributed by atoms with E-state index >= 15 is 0 Å². The zero-order chi connectivity index (χ0) is 12.4. The van der Waals surface area contributed by atoms with Crippen LogP contribution in [0, 0.1) is 11.3 Å². The quantitative estimate of drug-likeness (QED) is 0.757. The lowest BCUT2D eigenvalue weighted by molar-refractivity contribution is -0.129. The lowest BCUT2D eigenvalue weighted by Crippen LogP contribution is -2.48. The van der Waals surface area contributed by atoms with Crippen LogP contribution < -0.4 is 5.32 Å². The summed E-state index contributed by atoms with van der Waals surface area (Å²) in [6.07, 6.45) is 4.16. The Kier molecular flexibility index (Phi) is 4.28. The highest BCUT2D eigenvalue weighted by Gasteiger charge is 2.40. The molecule has 1 atom stereocenters. The Morgan fingerprint density at radius 1 is 1.50 bits per heavy atom. The average molecular weight is 246 g/mol. The van der Waals surface area contributed by atoms with Crippen LogP contribution in [0.2, 0.25) is 0 Å². The maximum absolute atomic E-state index is 12.2. The van der Waals surface area contributed by atoms with E-state index in [1.807, 2.05) is 13.8 Å². The Morgan fingerprint density at radius 3 is 2.56 bits per heavy atom. The van der Waals surface area contributed by atoms with Gasteiger partial charge in [-0.3, -0.25) is 4.79 Å². The van der Waals surface area contributed by atoms with Crippen LogP contribution in [0.5, 0.6) is 0 Å². The Hall–Kier alpha value is -0.240. The van der Waals surface area contributed by atoms with Crippen molar-refractivity contribution in [2.24, 2.45) is 11.3 Å². The predicted octanol–water partition coefficient (Wildman–Crippen LogP) is 3.34. The second kappa shape index (κ2) is 4.95. The maximum Gasteiger partial charge on any atom is 0.224 e. The Bertz CT molecular complexity index is 261. The number of halogens is 1. The molecule has 1 aliphatic rings. The molecule has 0 saturated heterocycles. The fraction of sp³-hybridized carbons (Fsp3) is 0.923. The number of carbonyl (C=O) groups excluding carboxylic acids is 1. The van der Waals surface area contributed by atoms with Gasteiger partial charge in [0.15, 0.2) is 0 Å². The molecule has 0 aliphatic heterocycles. The van der Waals surface area contributed by atoms with Gasteiger partial charge >= 0.3 is 0 Å². The van der Waals surface area contributed by atoms with Crippen LogP contribution in [-0.4, -0.2) is 17.3 Å². The molecule has 2 nitrogen and oxygen atoms in total. The summed E-state index contributed by atoms with van der Waals surface area (Å²) in [5.74, 6) is 0.959. The number of hydrogen-bond donors (Lipinski definition) is 1. The van der Waals surface area contributed by atoms with Crippen molar-refractivity contribution in [3.63, 3.8) is 0 Å². The molecule has 1 rings (SSSR count).